The minimum absolute atomic E-state index is 0.123. The number of hydrogen-bond acceptors (Lipinski definition) is 3. The Morgan fingerprint density at radius 1 is 1.42 bits per heavy atom. The van der Waals surface area contributed by atoms with Gasteiger partial charge in [-0.1, -0.05) is 28.1 Å². The van der Waals surface area contributed by atoms with Crippen LogP contribution in [0.4, 0.5) is 8.78 Å². The molecule has 0 unspecified atom stereocenters. The lowest BCUT2D eigenvalue weighted by Crippen LogP contribution is -2.10. The van der Waals surface area contributed by atoms with Gasteiger partial charge in [0.25, 0.3) is 0 Å². The molecule has 1 rings (SSSR count). The van der Waals surface area contributed by atoms with E-state index in [1.165, 1.54) is 24.3 Å². The number of halogens is 3. The SMILES string of the molecule is CC=CCS(=O)(=O)Cc1cc(Br)ccc1OC(F)F. The van der Waals surface area contributed by atoms with Crippen LogP contribution in [-0.4, -0.2) is 20.8 Å². The summed E-state index contributed by atoms with van der Waals surface area (Å²) >= 11 is 3.17. The molecule has 0 radical (unpaired) electrons. The van der Waals surface area contributed by atoms with Gasteiger partial charge in [0.05, 0.1) is 11.5 Å². The summed E-state index contributed by atoms with van der Waals surface area (Å²) in [6.07, 6.45) is 3.12. The van der Waals surface area contributed by atoms with Crippen LogP contribution in [0.2, 0.25) is 0 Å². The Morgan fingerprint density at radius 3 is 2.68 bits per heavy atom. The number of ether oxygens (including phenoxy) is 1. The Kier molecular flexibility index (Phi) is 5.93. The molecule has 0 saturated heterocycles. The van der Waals surface area contributed by atoms with Crippen LogP contribution < -0.4 is 4.74 Å². The fraction of sp³-hybridized carbons (Fsp3) is 0.333. The fourth-order valence-electron chi connectivity index (χ4n) is 1.41. The summed E-state index contributed by atoms with van der Waals surface area (Å²) in [5, 5.41) is 0. The van der Waals surface area contributed by atoms with E-state index in [0.717, 1.165) is 0 Å². The number of sulfone groups is 1. The van der Waals surface area contributed by atoms with Crippen molar-refractivity contribution in [3.8, 4) is 5.75 Å². The molecule has 0 bridgehead atoms. The lowest BCUT2D eigenvalue weighted by atomic mass is 10.2. The highest BCUT2D eigenvalue weighted by Crippen LogP contribution is 2.26. The van der Waals surface area contributed by atoms with Gasteiger partial charge >= 0.3 is 6.61 Å². The first-order valence-electron chi connectivity index (χ1n) is 5.39. The first kappa shape index (κ1) is 16.1. The average Bonchev–Trinajstić information content (AvgIpc) is 2.29. The van der Waals surface area contributed by atoms with Crippen LogP contribution in [0.5, 0.6) is 5.75 Å². The molecule has 0 saturated carbocycles. The predicted octanol–water partition coefficient (Wildman–Crippen LogP) is 3.54. The van der Waals surface area contributed by atoms with Gasteiger partial charge in [-0.2, -0.15) is 8.78 Å². The molecule has 0 N–H and O–H groups in total. The predicted molar refractivity (Wildman–Crippen MR) is 73.1 cm³/mol. The third kappa shape index (κ3) is 5.69. The molecule has 19 heavy (non-hydrogen) atoms. The molecule has 3 nitrogen and oxygen atoms in total. The second-order valence-electron chi connectivity index (χ2n) is 3.75. The van der Waals surface area contributed by atoms with Gasteiger partial charge in [-0.05, 0) is 25.1 Å². The molecule has 0 aromatic heterocycles. The molecule has 0 aliphatic rings. The van der Waals surface area contributed by atoms with Gasteiger partial charge in [-0.3, -0.25) is 0 Å². The zero-order valence-corrected chi connectivity index (χ0v) is 12.5. The monoisotopic (exact) mass is 354 g/mol. The minimum atomic E-state index is -3.40. The average molecular weight is 355 g/mol. The Bertz CT molecular complexity index is 556. The highest BCUT2D eigenvalue weighted by atomic mass is 79.9. The summed E-state index contributed by atoms with van der Waals surface area (Å²) in [7, 11) is -3.40. The molecule has 106 valence electrons. The first-order chi connectivity index (χ1) is 8.84. The zero-order chi connectivity index (χ0) is 14.5. The van der Waals surface area contributed by atoms with Crippen LogP contribution >= 0.6 is 15.9 Å². The lowest BCUT2D eigenvalue weighted by molar-refractivity contribution is -0.0503. The van der Waals surface area contributed by atoms with Crippen LogP contribution in [-0.2, 0) is 15.6 Å². The van der Waals surface area contributed by atoms with E-state index in [2.05, 4.69) is 20.7 Å². The second kappa shape index (κ2) is 7.00. The van der Waals surface area contributed by atoms with Gasteiger partial charge < -0.3 is 4.74 Å². The highest BCUT2D eigenvalue weighted by molar-refractivity contribution is 9.10. The summed E-state index contributed by atoms with van der Waals surface area (Å²) in [6, 6.07) is 4.29. The van der Waals surface area contributed by atoms with Crippen molar-refractivity contribution in [2.45, 2.75) is 19.3 Å². The van der Waals surface area contributed by atoms with E-state index in [-0.39, 0.29) is 22.8 Å². The largest absolute Gasteiger partial charge is 0.435 e. The summed E-state index contributed by atoms with van der Waals surface area (Å²) in [6.45, 7) is -1.28. The third-order valence-electron chi connectivity index (χ3n) is 2.20. The topological polar surface area (TPSA) is 43.4 Å². The van der Waals surface area contributed by atoms with E-state index in [9.17, 15) is 17.2 Å². The maximum absolute atomic E-state index is 12.2. The normalized spacial score (nSPS) is 12.3. The molecule has 1 aromatic carbocycles. The first-order valence-corrected chi connectivity index (χ1v) is 8.00. The Morgan fingerprint density at radius 2 is 2.11 bits per heavy atom. The van der Waals surface area contributed by atoms with E-state index >= 15 is 0 Å². The molecule has 0 spiro atoms. The molecule has 0 fully saturated rings. The summed E-state index contributed by atoms with van der Waals surface area (Å²) in [5.74, 6) is -0.606. The van der Waals surface area contributed by atoms with Gasteiger partial charge in [0.1, 0.15) is 5.75 Å². The molecule has 0 heterocycles. The van der Waals surface area contributed by atoms with Gasteiger partial charge in [0.2, 0.25) is 0 Å². The van der Waals surface area contributed by atoms with Crippen molar-refractivity contribution in [1.29, 1.82) is 0 Å². The van der Waals surface area contributed by atoms with Crippen molar-refractivity contribution in [1.82, 2.24) is 0 Å². The molecule has 1 aromatic rings. The maximum atomic E-state index is 12.2. The molecule has 0 aliphatic carbocycles. The van der Waals surface area contributed by atoms with Gasteiger partial charge in [0, 0.05) is 10.0 Å². The number of alkyl halides is 2. The van der Waals surface area contributed by atoms with Gasteiger partial charge in [-0.15, -0.1) is 0 Å². The Hall–Kier alpha value is -0.950. The van der Waals surface area contributed by atoms with Crippen LogP contribution in [0.3, 0.4) is 0 Å². The highest BCUT2D eigenvalue weighted by Gasteiger charge is 2.16. The van der Waals surface area contributed by atoms with E-state index in [4.69, 9.17) is 0 Å². The van der Waals surface area contributed by atoms with E-state index in [1.807, 2.05) is 0 Å². The molecule has 0 atom stereocenters. The summed E-state index contributed by atoms with van der Waals surface area (Å²) in [4.78, 5) is 0. The number of rotatable bonds is 6. The second-order valence-corrected chi connectivity index (χ2v) is 6.78. The molecular weight excluding hydrogens is 342 g/mol. The number of benzene rings is 1. The number of allylic oxidation sites excluding steroid dienone is 1. The third-order valence-corrected chi connectivity index (χ3v) is 4.14. The van der Waals surface area contributed by atoms with Crippen molar-refractivity contribution in [2.24, 2.45) is 0 Å². The fourth-order valence-corrected chi connectivity index (χ4v) is 3.12. The lowest BCUT2D eigenvalue weighted by Gasteiger charge is -2.11. The van der Waals surface area contributed by atoms with Crippen molar-refractivity contribution >= 4 is 25.8 Å². The van der Waals surface area contributed by atoms with Crippen molar-refractivity contribution < 1.29 is 21.9 Å². The molecular formula is C12H13BrF2O3S. The minimum Gasteiger partial charge on any atom is -0.435 e. The molecule has 0 amide bonds. The summed E-state index contributed by atoms with van der Waals surface area (Å²) in [5.41, 5.74) is 0.208. The van der Waals surface area contributed by atoms with Crippen LogP contribution in [0.15, 0.2) is 34.8 Å². The van der Waals surface area contributed by atoms with Crippen LogP contribution in [0, 0.1) is 0 Å². The van der Waals surface area contributed by atoms with E-state index in [1.54, 1.807) is 13.0 Å². The van der Waals surface area contributed by atoms with Crippen molar-refractivity contribution in [2.75, 3.05) is 5.75 Å². The standard InChI is InChI=1S/C12H13BrF2O3S/c1-2-3-6-19(16,17)8-9-7-10(13)4-5-11(9)18-12(14)15/h2-5,7,12H,6,8H2,1H3. The number of hydrogen-bond donors (Lipinski definition) is 0. The smallest absolute Gasteiger partial charge is 0.387 e. The molecule has 7 heteroatoms. The quantitative estimate of drug-likeness (QED) is 0.733. The van der Waals surface area contributed by atoms with Crippen LogP contribution in [0.25, 0.3) is 0 Å². The zero-order valence-electron chi connectivity index (χ0n) is 10.1. The Labute approximate surface area is 119 Å². The van der Waals surface area contributed by atoms with Crippen molar-refractivity contribution in [3.05, 3.63) is 40.4 Å². The van der Waals surface area contributed by atoms with Gasteiger partial charge in [0.15, 0.2) is 9.84 Å². The van der Waals surface area contributed by atoms with E-state index in [0.29, 0.717) is 4.47 Å². The summed E-state index contributed by atoms with van der Waals surface area (Å²) < 4.78 is 53.0. The van der Waals surface area contributed by atoms with Crippen molar-refractivity contribution in [3.63, 3.8) is 0 Å². The van der Waals surface area contributed by atoms with Gasteiger partial charge in [-0.25, -0.2) is 8.42 Å². The maximum Gasteiger partial charge on any atom is 0.387 e. The molecule has 0 aliphatic heterocycles. The Balaban J connectivity index is 3.01. The van der Waals surface area contributed by atoms with Crippen LogP contribution in [0.1, 0.15) is 12.5 Å². The van der Waals surface area contributed by atoms with E-state index < -0.39 is 16.4 Å².